The number of aliphatic carboxylic acids is 1. The summed E-state index contributed by atoms with van der Waals surface area (Å²) >= 11 is 0. The summed E-state index contributed by atoms with van der Waals surface area (Å²) in [6.07, 6.45) is -2.56. The van der Waals surface area contributed by atoms with E-state index in [1.54, 1.807) is 11.8 Å². The fourth-order valence-electron chi connectivity index (χ4n) is 4.30. The summed E-state index contributed by atoms with van der Waals surface area (Å²) in [4.78, 5) is 47.1. The van der Waals surface area contributed by atoms with Gasteiger partial charge in [0, 0.05) is 25.3 Å². The summed E-state index contributed by atoms with van der Waals surface area (Å²) in [5.74, 6) is -1.83. The van der Waals surface area contributed by atoms with Crippen molar-refractivity contribution in [3.8, 4) is 0 Å². The van der Waals surface area contributed by atoms with Crippen LogP contribution in [0.25, 0.3) is 0 Å². The molecule has 1 unspecified atom stereocenters. The SMILES string of the molecule is Cc1cccc(CN2CCC3(CCCN(C(=O)Cc4nc(C)no4)C3)C2=O)n1.O=C(O)C(F)(F)F. The van der Waals surface area contributed by atoms with Crippen LogP contribution in [-0.4, -0.2) is 73.6 Å². The molecule has 2 amide bonds. The normalized spacial score (nSPS) is 20.1. The van der Waals surface area contributed by atoms with Gasteiger partial charge in [0.25, 0.3) is 0 Å². The Labute approximate surface area is 199 Å². The average molecular weight is 497 g/mol. The van der Waals surface area contributed by atoms with E-state index in [0.717, 1.165) is 30.7 Å². The second-order valence-corrected chi connectivity index (χ2v) is 8.66. The maximum atomic E-state index is 13.2. The molecule has 2 fully saturated rings. The number of aryl methyl sites for hydroxylation is 2. The number of nitrogens with zero attached hydrogens (tertiary/aromatic N) is 5. The molecular formula is C22H26F3N5O5. The first kappa shape index (κ1) is 26.1. The lowest BCUT2D eigenvalue weighted by Crippen LogP contribution is -2.50. The Bertz CT molecular complexity index is 1090. The number of halogens is 3. The van der Waals surface area contributed by atoms with Crippen molar-refractivity contribution < 1.29 is 37.2 Å². The number of carbonyl (C=O) groups excluding carboxylic acids is 2. The minimum absolute atomic E-state index is 0.0608. The average Bonchev–Trinajstić information content (AvgIpc) is 3.32. The van der Waals surface area contributed by atoms with Gasteiger partial charge in [-0.15, -0.1) is 0 Å². The maximum Gasteiger partial charge on any atom is 0.490 e. The third kappa shape index (κ3) is 6.55. The molecule has 10 nitrogen and oxygen atoms in total. The van der Waals surface area contributed by atoms with Crippen molar-refractivity contribution in [2.45, 2.75) is 52.3 Å². The number of hydrogen-bond donors (Lipinski definition) is 1. The second kappa shape index (κ2) is 10.4. The van der Waals surface area contributed by atoms with Gasteiger partial charge in [-0.3, -0.25) is 14.6 Å². The molecule has 190 valence electrons. The minimum Gasteiger partial charge on any atom is -0.475 e. The molecule has 1 atom stereocenters. The summed E-state index contributed by atoms with van der Waals surface area (Å²) < 4.78 is 36.8. The number of carboxylic acid groups (broad SMARTS) is 1. The number of aromatic nitrogens is 3. The van der Waals surface area contributed by atoms with Gasteiger partial charge in [0.1, 0.15) is 6.42 Å². The molecule has 1 spiro atoms. The van der Waals surface area contributed by atoms with Crippen LogP contribution in [0.2, 0.25) is 0 Å². The van der Waals surface area contributed by atoms with Crippen molar-refractivity contribution in [2.75, 3.05) is 19.6 Å². The summed E-state index contributed by atoms with van der Waals surface area (Å²) in [6, 6.07) is 5.87. The Morgan fingerprint density at radius 1 is 1.17 bits per heavy atom. The van der Waals surface area contributed by atoms with Gasteiger partial charge in [0.05, 0.1) is 17.7 Å². The van der Waals surface area contributed by atoms with E-state index >= 15 is 0 Å². The molecule has 0 aliphatic carbocycles. The lowest BCUT2D eigenvalue weighted by molar-refractivity contribution is -0.192. The predicted octanol–water partition coefficient (Wildman–Crippen LogP) is 2.30. The van der Waals surface area contributed by atoms with E-state index in [1.165, 1.54) is 0 Å². The Hall–Kier alpha value is -3.51. The summed E-state index contributed by atoms with van der Waals surface area (Å²) in [6.45, 7) is 6.04. The lowest BCUT2D eigenvalue weighted by Gasteiger charge is -2.39. The summed E-state index contributed by atoms with van der Waals surface area (Å²) in [5, 5.41) is 10.9. The van der Waals surface area contributed by atoms with Crippen molar-refractivity contribution >= 4 is 17.8 Å². The zero-order valence-electron chi connectivity index (χ0n) is 19.3. The number of likely N-dealkylation sites (tertiary alicyclic amines) is 2. The molecule has 2 aromatic heterocycles. The summed E-state index contributed by atoms with van der Waals surface area (Å²) in [5.41, 5.74) is 1.38. The molecule has 0 saturated carbocycles. The van der Waals surface area contributed by atoms with Crippen molar-refractivity contribution in [1.29, 1.82) is 0 Å². The van der Waals surface area contributed by atoms with Gasteiger partial charge in [0.15, 0.2) is 5.82 Å². The first-order valence-corrected chi connectivity index (χ1v) is 11.0. The monoisotopic (exact) mass is 497 g/mol. The van der Waals surface area contributed by atoms with Gasteiger partial charge in [-0.05, 0) is 45.2 Å². The smallest absolute Gasteiger partial charge is 0.475 e. The van der Waals surface area contributed by atoms with Crippen LogP contribution in [0.5, 0.6) is 0 Å². The van der Waals surface area contributed by atoms with Crippen molar-refractivity contribution in [1.82, 2.24) is 24.9 Å². The molecule has 13 heteroatoms. The molecule has 2 aromatic rings. The Balaban J connectivity index is 0.000000429. The number of piperidine rings is 1. The van der Waals surface area contributed by atoms with E-state index in [2.05, 4.69) is 15.1 Å². The minimum atomic E-state index is -5.08. The van der Waals surface area contributed by atoms with Gasteiger partial charge in [-0.2, -0.15) is 18.2 Å². The number of amides is 2. The predicted molar refractivity (Wildman–Crippen MR) is 114 cm³/mol. The molecule has 0 radical (unpaired) electrons. The standard InChI is InChI=1S/C20H25N5O3.C2HF3O2/c1-14-5-3-6-16(21-14)12-24-10-8-20(19(24)27)7-4-9-25(13-20)18(26)11-17-22-15(2)23-28-17;3-2(4,5)1(6)7/h3,5-6H,4,7-13H2,1-2H3;(H,6,7). The molecule has 0 aromatic carbocycles. The van der Waals surface area contributed by atoms with E-state index in [1.807, 2.05) is 30.0 Å². The van der Waals surface area contributed by atoms with E-state index in [9.17, 15) is 22.8 Å². The second-order valence-electron chi connectivity index (χ2n) is 8.66. The molecule has 4 heterocycles. The van der Waals surface area contributed by atoms with Crippen LogP contribution in [0.1, 0.15) is 42.4 Å². The number of alkyl halides is 3. The van der Waals surface area contributed by atoms with Crippen LogP contribution in [0.4, 0.5) is 13.2 Å². The molecule has 2 saturated heterocycles. The Kier molecular flexibility index (Phi) is 7.76. The number of carbonyl (C=O) groups is 3. The number of pyridine rings is 1. The quantitative estimate of drug-likeness (QED) is 0.681. The van der Waals surface area contributed by atoms with Gasteiger partial charge >= 0.3 is 12.1 Å². The van der Waals surface area contributed by atoms with E-state index in [-0.39, 0.29) is 18.2 Å². The van der Waals surface area contributed by atoms with E-state index in [4.69, 9.17) is 14.4 Å². The molecule has 35 heavy (non-hydrogen) atoms. The molecule has 4 rings (SSSR count). The molecule has 2 aliphatic heterocycles. The zero-order valence-corrected chi connectivity index (χ0v) is 19.3. The fraction of sp³-hybridized carbons (Fsp3) is 0.545. The molecule has 0 bridgehead atoms. The van der Waals surface area contributed by atoms with Gasteiger partial charge in [-0.1, -0.05) is 11.2 Å². The van der Waals surface area contributed by atoms with Crippen molar-refractivity contribution in [3.63, 3.8) is 0 Å². The first-order valence-electron chi connectivity index (χ1n) is 11.0. The highest BCUT2D eigenvalue weighted by molar-refractivity contribution is 5.86. The van der Waals surface area contributed by atoms with Gasteiger partial charge in [0.2, 0.25) is 17.7 Å². The fourth-order valence-corrected chi connectivity index (χ4v) is 4.30. The number of hydrogen-bond acceptors (Lipinski definition) is 7. The van der Waals surface area contributed by atoms with Crippen molar-refractivity contribution in [2.24, 2.45) is 5.41 Å². The van der Waals surface area contributed by atoms with Gasteiger partial charge < -0.3 is 19.4 Å². The van der Waals surface area contributed by atoms with Crippen LogP contribution in [-0.2, 0) is 27.3 Å². The molecule has 2 aliphatic rings. The lowest BCUT2D eigenvalue weighted by atomic mass is 9.78. The largest absolute Gasteiger partial charge is 0.490 e. The number of rotatable bonds is 4. The van der Waals surface area contributed by atoms with Crippen LogP contribution in [0.15, 0.2) is 22.7 Å². The summed E-state index contributed by atoms with van der Waals surface area (Å²) in [7, 11) is 0. The Morgan fingerprint density at radius 2 is 1.89 bits per heavy atom. The molecular weight excluding hydrogens is 471 g/mol. The van der Waals surface area contributed by atoms with Crippen LogP contribution >= 0.6 is 0 Å². The highest BCUT2D eigenvalue weighted by Crippen LogP contribution is 2.40. The highest BCUT2D eigenvalue weighted by Gasteiger charge is 2.49. The van der Waals surface area contributed by atoms with Crippen LogP contribution < -0.4 is 0 Å². The van der Waals surface area contributed by atoms with Crippen molar-refractivity contribution in [3.05, 3.63) is 41.3 Å². The maximum absolute atomic E-state index is 13.2. The Morgan fingerprint density at radius 3 is 2.49 bits per heavy atom. The third-order valence-corrected chi connectivity index (χ3v) is 5.94. The van der Waals surface area contributed by atoms with Gasteiger partial charge in [-0.25, -0.2) is 4.79 Å². The van der Waals surface area contributed by atoms with Crippen LogP contribution in [0, 0.1) is 19.3 Å². The van der Waals surface area contributed by atoms with E-state index < -0.39 is 17.6 Å². The first-order chi connectivity index (χ1) is 16.4. The number of carboxylic acids is 1. The topological polar surface area (TPSA) is 130 Å². The zero-order chi connectivity index (χ0) is 25.8. The molecule has 1 N–H and O–H groups in total. The third-order valence-electron chi connectivity index (χ3n) is 5.94. The van der Waals surface area contributed by atoms with Crippen LogP contribution in [0.3, 0.4) is 0 Å². The highest BCUT2D eigenvalue weighted by atomic mass is 19.4. The van der Waals surface area contributed by atoms with E-state index in [0.29, 0.717) is 37.9 Å².